The van der Waals surface area contributed by atoms with Crippen molar-refractivity contribution in [3.63, 3.8) is 0 Å². The van der Waals surface area contributed by atoms with Crippen LogP contribution in [0.4, 0.5) is 17.5 Å². The Morgan fingerprint density at radius 1 is 0.885 bits per heavy atom. The number of hydrogen-bond acceptors (Lipinski definition) is 4. The first-order valence-electron chi connectivity index (χ1n) is 9.11. The van der Waals surface area contributed by atoms with Gasteiger partial charge in [0.1, 0.15) is 5.82 Å². The van der Waals surface area contributed by atoms with Gasteiger partial charge in [-0.2, -0.15) is 4.98 Å². The van der Waals surface area contributed by atoms with E-state index in [1.165, 1.54) is 22.3 Å². The third-order valence-corrected chi connectivity index (χ3v) is 4.99. The van der Waals surface area contributed by atoms with Gasteiger partial charge in [-0.3, -0.25) is 0 Å². The molecule has 1 aliphatic heterocycles. The van der Waals surface area contributed by atoms with E-state index in [4.69, 9.17) is 9.97 Å². The molecule has 2 heterocycles. The molecule has 4 rings (SSSR count). The maximum absolute atomic E-state index is 4.81. The summed E-state index contributed by atoms with van der Waals surface area (Å²) < 4.78 is 0. The highest BCUT2D eigenvalue weighted by atomic mass is 15.3. The van der Waals surface area contributed by atoms with Crippen LogP contribution in [0.5, 0.6) is 0 Å². The highest BCUT2D eigenvalue weighted by Crippen LogP contribution is 2.26. The second kappa shape index (κ2) is 6.79. The summed E-state index contributed by atoms with van der Waals surface area (Å²) in [7, 11) is 0. The zero-order valence-electron chi connectivity index (χ0n) is 15.6. The molecule has 2 aromatic carbocycles. The van der Waals surface area contributed by atoms with Gasteiger partial charge in [0.05, 0.1) is 0 Å². The van der Waals surface area contributed by atoms with Gasteiger partial charge in [0.2, 0.25) is 5.95 Å². The molecule has 4 nitrogen and oxygen atoms in total. The number of fused-ring (bicyclic) bond motifs is 1. The Morgan fingerprint density at radius 2 is 1.62 bits per heavy atom. The van der Waals surface area contributed by atoms with Crippen LogP contribution in [0.1, 0.15) is 27.9 Å². The fourth-order valence-corrected chi connectivity index (χ4v) is 3.56. The second-order valence-corrected chi connectivity index (χ2v) is 7.03. The Hall–Kier alpha value is -2.88. The SMILES string of the molecule is Cc1cc(Nc2c(C)cccc2C)nc(N2CCc3ccccc3C2)n1. The first kappa shape index (κ1) is 16.6. The van der Waals surface area contributed by atoms with E-state index in [-0.39, 0.29) is 0 Å². The van der Waals surface area contributed by atoms with Gasteiger partial charge in [-0.1, -0.05) is 42.5 Å². The quantitative estimate of drug-likeness (QED) is 0.747. The minimum absolute atomic E-state index is 0.799. The van der Waals surface area contributed by atoms with E-state index in [9.17, 15) is 0 Å². The van der Waals surface area contributed by atoms with Crippen molar-refractivity contribution >= 4 is 17.5 Å². The molecule has 1 aromatic heterocycles. The Labute approximate surface area is 154 Å². The molecular weight excluding hydrogens is 320 g/mol. The number of rotatable bonds is 3. The molecule has 0 bridgehead atoms. The normalized spacial score (nSPS) is 13.4. The number of nitrogens with one attached hydrogen (secondary N) is 1. The molecule has 4 heteroatoms. The largest absolute Gasteiger partial charge is 0.340 e. The van der Waals surface area contributed by atoms with Crippen LogP contribution in [0.25, 0.3) is 0 Å². The molecule has 0 aliphatic carbocycles. The molecule has 0 amide bonds. The lowest BCUT2D eigenvalue weighted by molar-refractivity contribution is 0.706. The maximum atomic E-state index is 4.81. The fraction of sp³-hybridized carbons (Fsp3) is 0.273. The number of anilines is 3. The zero-order valence-corrected chi connectivity index (χ0v) is 15.6. The summed E-state index contributed by atoms with van der Waals surface area (Å²) in [5.74, 6) is 1.65. The molecule has 1 aliphatic rings. The summed E-state index contributed by atoms with van der Waals surface area (Å²) in [6.45, 7) is 8.07. The monoisotopic (exact) mass is 344 g/mol. The lowest BCUT2D eigenvalue weighted by Crippen LogP contribution is -2.32. The lowest BCUT2D eigenvalue weighted by atomic mass is 10.0. The van der Waals surface area contributed by atoms with Crippen molar-refractivity contribution in [2.24, 2.45) is 0 Å². The summed E-state index contributed by atoms with van der Waals surface area (Å²) in [6, 6.07) is 17.0. The highest BCUT2D eigenvalue weighted by Gasteiger charge is 2.19. The van der Waals surface area contributed by atoms with E-state index in [1.54, 1.807) is 0 Å². The first-order valence-corrected chi connectivity index (χ1v) is 9.11. The summed E-state index contributed by atoms with van der Waals surface area (Å²) in [5.41, 5.74) is 7.34. The van der Waals surface area contributed by atoms with E-state index < -0.39 is 0 Å². The summed E-state index contributed by atoms with van der Waals surface area (Å²) in [5, 5.41) is 3.50. The molecule has 3 aromatic rings. The number of aromatic nitrogens is 2. The van der Waals surface area contributed by atoms with Gasteiger partial charge in [0.25, 0.3) is 0 Å². The van der Waals surface area contributed by atoms with Crippen molar-refractivity contribution in [3.05, 3.63) is 76.5 Å². The molecular formula is C22H24N4. The first-order chi connectivity index (χ1) is 12.6. The van der Waals surface area contributed by atoms with Crippen molar-refractivity contribution in [2.45, 2.75) is 33.7 Å². The van der Waals surface area contributed by atoms with E-state index in [1.807, 2.05) is 13.0 Å². The van der Waals surface area contributed by atoms with Gasteiger partial charge in [0, 0.05) is 30.5 Å². The van der Waals surface area contributed by atoms with Gasteiger partial charge in [-0.05, 0) is 49.4 Å². The maximum Gasteiger partial charge on any atom is 0.227 e. The van der Waals surface area contributed by atoms with Gasteiger partial charge >= 0.3 is 0 Å². The number of para-hydroxylation sites is 1. The molecule has 0 saturated carbocycles. The van der Waals surface area contributed by atoms with Crippen LogP contribution >= 0.6 is 0 Å². The average molecular weight is 344 g/mol. The molecule has 0 fully saturated rings. The van der Waals surface area contributed by atoms with Crippen molar-refractivity contribution < 1.29 is 0 Å². The number of aryl methyl sites for hydroxylation is 3. The molecule has 0 spiro atoms. The van der Waals surface area contributed by atoms with E-state index in [0.29, 0.717) is 0 Å². The molecule has 0 radical (unpaired) electrons. The third kappa shape index (κ3) is 3.27. The average Bonchev–Trinajstić information content (AvgIpc) is 2.64. The molecule has 1 N–H and O–H groups in total. The molecule has 0 saturated heterocycles. The van der Waals surface area contributed by atoms with Crippen LogP contribution in [0, 0.1) is 20.8 Å². The minimum Gasteiger partial charge on any atom is -0.340 e. The van der Waals surface area contributed by atoms with Crippen molar-refractivity contribution in [3.8, 4) is 0 Å². The highest BCUT2D eigenvalue weighted by molar-refractivity contribution is 5.65. The fourth-order valence-electron chi connectivity index (χ4n) is 3.56. The van der Waals surface area contributed by atoms with E-state index in [0.717, 1.165) is 42.7 Å². The third-order valence-electron chi connectivity index (χ3n) is 4.99. The molecule has 132 valence electrons. The van der Waals surface area contributed by atoms with Gasteiger partial charge < -0.3 is 10.2 Å². The standard InChI is InChI=1S/C22H24N4/c1-15-7-6-8-16(2)21(15)24-20-13-17(3)23-22(25-20)26-12-11-18-9-4-5-10-19(18)14-26/h4-10,13H,11-12,14H2,1-3H3,(H,23,24,25). The van der Waals surface area contributed by atoms with Gasteiger partial charge in [-0.25, -0.2) is 4.98 Å². The number of hydrogen-bond donors (Lipinski definition) is 1. The van der Waals surface area contributed by atoms with Crippen LogP contribution in [0.3, 0.4) is 0 Å². The van der Waals surface area contributed by atoms with Crippen LogP contribution < -0.4 is 10.2 Å². The van der Waals surface area contributed by atoms with Crippen molar-refractivity contribution in [1.82, 2.24) is 9.97 Å². The Bertz CT molecular complexity index is 928. The molecule has 26 heavy (non-hydrogen) atoms. The van der Waals surface area contributed by atoms with Crippen LogP contribution in [0.2, 0.25) is 0 Å². The van der Waals surface area contributed by atoms with Gasteiger partial charge in [0.15, 0.2) is 0 Å². The predicted octanol–water partition coefficient (Wildman–Crippen LogP) is 4.71. The summed E-state index contributed by atoms with van der Waals surface area (Å²) >= 11 is 0. The minimum atomic E-state index is 0.799. The Balaban J connectivity index is 1.63. The van der Waals surface area contributed by atoms with Crippen molar-refractivity contribution in [1.29, 1.82) is 0 Å². The Kier molecular flexibility index (Phi) is 4.33. The van der Waals surface area contributed by atoms with Crippen LogP contribution in [-0.2, 0) is 13.0 Å². The van der Waals surface area contributed by atoms with Gasteiger partial charge in [-0.15, -0.1) is 0 Å². The topological polar surface area (TPSA) is 41.1 Å². The smallest absolute Gasteiger partial charge is 0.227 e. The second-order valence-electron chi connectivity index (χ2n) is 7.03. The molecule has 0 unspecified atom stereocenters. The number of nitrogens with zero attached hydrogens (tertiary/aromatic N) is 3. The zero-order chi connectivity index (χ0) is 18.1. The van der Waals surface area contributed by atoms with Crippen molar-refractivity contribution in [2.75, 3.05) is 16.8 Å². The summed E-state index contributed by atoms with van der Waals surface area (Å²) in [6.07, 6.45) is 1.03. The van der Waals surface area contributed by atoms with Crippen LogP contribution in [0.15, 0.2) is 48.5 Å². The lowest BCUT2D eigenvalue weighted by Gasteiger charge is -2.29. The predicted molar refractivity (Wildman–Crippen MR) is 107 cm³/mol. The van der Waals surface area contributed by atoms with E-state index in [2.05, 4.69) is 66.5 Å². The Morgan fingerprint density at radius 3 is 2.38 bits per heavy atom. The van der Waals surface area contributed by atoms with E-state index >= 15 is 0 Å². The molecule has 0 atom stereocenters. The van der Waals surface area contributed by atoms with Crippen LogP contribution in [-0.4, -0.2) is 16.5 Å². The number of benzene rings is 2. The summed E-state index contributed by atoms with van der Waals surface area (Å²) in [4.78, 5) is 11.8.